The zero-order valence-electron chi connectivity index (χ0n) is 23.2. The van der Waals surface area contributed by atoms with Gasteiger partial charge in [-0.15, -0.1) is 11.3 Å². The number of halogens is 6. The normalized spacial score (nSPS) is 18.6. The van der Waals surface area contributed by atoms with Crippen LogP contribution in [0, 0.1) is 10.1 Å². The Bertz CT molecular complexity index is 1710. The number of nitrogens with zero attached hydrogens (tertiary/aromatic N) is 5. The summed E-state index contributed by atoms with van der Waals surface area (Å²) in [6.45, 7) is 0.895. The average Bonchev–Trinajstić information content (AvgIpc) is 3.55. The van der Waals surface area contributed by atoms with Crippen LogP contribution in [0.4, 0.5) is 32.0 Å². The fraction of sp³-hybridized carbons (Fsp3) is 0.440. The molecule has 0 bridgehead atoms. The second-order valence-electron chi connectivity index (χ2n) is 10.4. The van der Waals surface area contributed by atoms with E-state index in [0.717, 1.165) is 17.5 Å². The van der Waals surface area contributed by atoms with Gasteiger partial charge in [-0.3, -0.25) is 20.7 Å². The number of piperidine rings is 1. The number of hydrogen-bond donors (Lipinski definition) is 2. The van der Waals surface area contributed by atoms with Gasteiger partial charge < -0.3 is 9.08 Å². The van der Waals surface area contributed by atoms with Crippen LogP contribution in [0.1, 0.15) is 58.1 Å². The molecule has 1 fully saturated rings. The smallest absolute Gasteiger partial charge is 0.382 e. The summed E-state index contributed by atoms with van der Waals surface area (Å²) in [4.78, 5) is 17.5. The van der Waals surface area contributed by atoms with Crippen LogP contribution < -0.4 is 14.8 Å². The highest BCUT2D eigenvalue weighted by Crippen LogP contribution is 2.37. The van der Waals surface area contributed by atoms with Crippen molar-refractivity contribution in [3.05, 3.63) is 73.1 Å². The van der Waals surface area contributed by atoms with Crippen LogP contribution in [-0.4, -0.2) is 52.4 Å². The molecule has 1 aromatic carbocycles. The molecule has 0 radical (unpaired) electrons. The largest absolute Gasteiger partial charge is 0.435 e. The molecule has 12 nitrogen and oxygen atoms in total. The summed E-state index contributed by atoms with van der Waals surface area (Å²) in [5.41, 5.74) is -2.15. The number of thiazole rings is 1. The van der Waals surface area contributed by atoms with E-state index >= 15 is 0 Å². The molecule has 20 heteroatoms. The molecule has 2 N–H and O–H groups in total. The highest BCUT2D eigenvalue weighted by Gasteiger charge is 2.41. The van der Waals surface area contributed by atoms with Crippen LogP contribution in [0.15, 0.2) is 29.8 Å². The Balaban J connectivity index is 1.24. The molecule has 45 heavy (non-hydrogen) atoms. The van der Waals surface area contributed by atoms with Gasteiger partial charge in [0.1, 0.15) is 17.6 Å². The standard InChI is InChI=1S/C25H25F6N7O5S2/c1-45(41,42)43-19-3-2-18(38(39)40)15-11-32-22(33-12-16(15)19)17-13-44-23(34-17)14-4-6-36(7-5-14)8-9-37-21(25(29,30)31)10-20(35-37)24(26,27)28/h2-3,8-10,13-14,22,32-33H,4-7,11-12H2,1H3. The van der Waals surface area contributed by atoms with E-state index in [0.29, 0.717) is 37.2 Å². The molecule has 1 saturated heterocycles. The maximum absolute atomic E-state index is 13.3. The lowest BCUT2D eigenvalue weighted by Gasteiger charge is -2.30. The van der Waals surface area contributed by atoms with Crippen LogP contribution in [0.25, 0.3) is 6.20 Å². The van der Waals surface area contributed by atoms with Crippen molar-refractivity contribution in [2.45, 2.75) is 50.4 Å². The molecule has 2 aliphatic rings. The first-order valence-corrected chi connectivity index (χ1v) is 16.0. The molecule has 4 heterocycles. The molecule has 0 amide bonds. The second-order valence-corrected chi connectivity index (χ2v) is 12.8. The van der Waals surface area contributed by atoms with Crippen molar-refractivity contribution in [3.8, 4) is 5.75 Å². The molecule has 2 aromatic heterocycles. The highest BCUT2D eigenvalue weighted by molar-refractivity contribution is 7.86. The Hall–Kier alpha value is -3.75. The van der Waals surface area contributed by atoms with Gasteiger partial charge >= 0.3 is 22.5 Å². The number of benzene rings is 1. The van der Waals surface area contributed by atoms with Gasteiger partial charge in [0, 0.05) is 67.6 Å². The van der Waals surface area contributed by atoms with Crippen LogP contribution in [0.2, 0.25) is 0 Å². The van der Waals surface area contributed by atoms with Gasteiger partial charge in [0.05, 0.1) is 27.4 Å². The summed E-state index contributed by atoms with van der Waals surface area (Å²) in [5, 5.41) is 23.7. The van der Waals surface area contributed by atoms with Crippen LogP contribution in [-0.2, 0) is 35.6 Å². The molecular formula is C25H25F6N7O5S2. The van der Waals surface area contributed by atoms with Crippen LogP contribution in [0.5, 0.6) is 5.75 Å². The fourth-order valence-corrected chi connectivity index (χ4v) is 6.58. The number of likely N-dealkylation sites (tertiary alicyclic amines) is 1. The van der Waals surface area contributed by atoms with Gasteiger partial charge in [0.25, 0.3) is 5.69 Å². The van der Waals surface area contributed by atoms with E-state index in [1.54, 1.807) is 4.90 Å². The molecule has 3 aromatic rings. The lowest BCUT2D eigenvalue weighted by atomic mass is 9.98. The predicted molar refractivity (Wildman–Crippen MR) is 148 cm³/mol. The Morgan fingerprint density at radius 3 is 2.33 bits per heavy atom. The van der Waals surface area contributed by atoms with E-state index in [1.165, 1.54) is 29.7 Å². The van der Waals surface area contributed by atoms with Crippen molar-refractivity contribution in [2.24, 2.45) is 0 Å². The number of alkyl halides is 6. The maximum Gasteiger partial charge on any atom is 0.435 e. The van der Waals surface area contributed by atoms with Crippen LogP contribution in [0.3, 0.4) is 0 Å². The zero-order chi connectivity index (χ0) is 32.7. The maximum atomic E-state index is 13.3. The number of nitro benzene ring substituents is 1. The van der Waals surface area contributed by atoms with E-state index < -0.39 is 44.9 Å². The van der Waals surface area contributed by atoms with Crippen molar-refractivity contribution in [1.29, 1.82) is 0 Å². The second kappa shape index (κ2) is 12.2. The average molecular weight is 682 g/mol. The monoisotopic (exact) mass is 681 g/mol. The number of aromatic nitrogens is 3. The number of nitro groups is 1. The third kappa shape index (κ3) is 7.56. The summed E-state index contributed by atoms with van der Waals surface area (Å²) < 4.78 is 107. The third-order valence-corrected chi connectivity index (χ3v) is 8.72. The Labute approximate surface area is 256 Å². The topological polar surface area (TPSA) is 145 Å². The number of fused-ring (bicyclic) bond motifs is 1. The molecule has 5 rings (SSSR count). The Morgan fingerprint density at radius 2 is 1.73 bits per heavy atom. The van der Waals surface area contributed by atoms with Crippen molar-refractivity contribution in [3.63, 3.8) is 0 Å². The van der Waals surface area contributed by atoms with Crippen molar-refractivity contribution in [1.82, 2.24) is 30.3 Å². The van der Waals surface area contributed by atoms with Gasteiger partial charge in [-0.1, -0.05) is 0 Å². The first-order chi connectivity index (χ1) is 21.0. The van der Waals surface area contributed by atoms with E-state index in [9.17, 15) is 44.9 Å². The van der Waals surface area contributed by atoms with Gasteiger partial charge in [0.15, 0.2) is 5.69 Å². The summed E-state index contributed by atoms with van der Waals surface area (Å²) in [6, 6.07) is 2.40. The van der Waals surface area contributed by atoms with Gasteiger partial charge in [-0.2, -0.15) is 39.9 Å². The number of rotatable bonds is 7. The van der Waals surface area contributed by atoms with Gasteiger partial charge in [-0.05, 0) is 18.9 Å². The van der Waals surface area contributed by atoms with Crippen LogP contribution >= 0.6 is 11.3 Å². The minimum Gasteiger partial charge on any atom is -0.382 e. The van der Waals surface area contributed by atoms with Gasteiger partial charge in [0.2, 0.25) is 0 Å². The molecule has 244 valence electrons. The fourth-order valence-electron chi connectivity index (χ4n) is 5.08. The highest BCUT2D eigenvalue weighted by atomic mass is 32.2. The van der Waals surface area contributed by atoms with E-state index in [2.05, 4.69) is 15.7 Å². The molecule has 0 aliphatic carbocycles. The molecule has 0 saturated carbocycles. The van der Waals surface area contributed by atoms with E-state index in [4.69, 9.17) is 9.17 Å². The lowest BCUT2D eigenvalue weighted by Crippen LogP contribution is -2.31. The summed E-state index contributed by atoms with van der Waals surface area (Å²) in [5.74, 6) is -0.00435. The number of nitrogens with one attached hydrogen (secondary N) is 2. The van der Waals surface area contributed by atoms with Gasteiger partial charge in [-0.25, -0.2) is 9.67 Å². The predicted octanol–water partition coefficient (Wildman–Crippen LogP) is 4.82. The molecule has 2 aliphatic heterocycles. The van der Waals surface area contributed by atoms with E-state index in [1.807, 2.05) is 5.38 Å². The third-order valence-electron chi connectivity index (χ3n) is 7.22. The lowest BCUT2D eigenvalue weighted by molar-refractivity contribution is -0.385. The zero-order valence-corrected chi connectivity index (χ0v) is 24.9. The summed E-state index contributed by atoms with van der Waals surface area (Å²) in [7, 11) is -3.89. The van der Waals surface area contributed by atoms with Crippen molar-refractivity contribution in [2.75, 3.05) is 19.3 Å². The SMILES string of the molecule is CS(=O)(=O)Oc1ccc([N+](=O)[O-])c2c1CNC(c1csc(C3CCN(C=Cn4nc(C(F)(F)F)cc4C(F)(F)F)CC3)n1)NC2. The molecule has 1 unspecified atom stereocenters. The minimum absolute atomic E-state index is 0.0134. The Morgan fingerprint density at radius 1 is 1.07 bits per heavy atom. The van der Waals surface area contributed by atoms with Crippen molar-refractivity contribution < 1.29 is 43.9 Å². The quantitative estimate of drug-likeness (QED) is 0.154. The first kappa shape index (κ1) is 32.6. The number of hydrogen-bond acceptors (Lipinski definition) is 11. The first-order valence-electron chi connectivity index (χ1n) is 13.3. The molecule has 1 atom stereocenters. The van der Waals surface area contributed by atoms with E-state index in [-0.39, 0.29) is 46.8 Å². The molecule has 0 spiro atoms. The molecular weight excluding hydrogens is 656 g/mol. The Kier molecular flexibility index (Phi) is 8.86. The minimum atomic E-state index is -5.03. The summed E-state index contributed by atoms with van der Waals surface area (Å²) in [6.07, 6.45) is -6.42. The summed E-state index contributed by atoms with van der Waals surface area (Å²) >= 11 is 1.40. The van der Waals surface area contributed by atoms with Crippen molar-refractivity contribution >= 4 is 33.3 Å².